The number of anilines is 1. The fraction of sp³-hybridized carbons (Fsp3) is 0.143. The normalized spacial score (nSPS) is 9.50. The fourth-order valence-corrected chi connectivity index (χ4v) is 0.901. The second-order valence-corrected chi connectivity index (χ2v) is 2.28. The summed E-state index contributed by atoms with van der Waals surface area (Å²) in [6.45, 7) is 0. The van der Waals surface area contributed by atoms with Gasteiger partial charge in [0.25, 0.3) is 0 Å². The highest BCUT2D eigenvalue weighted by atomic mass is 35.5. The summed E-state index contributed by atoms with van der Waals surface area (Å²) in [7, 11) is 1.70. The zero-order valence-corrected chi connectivity index (χ0v) is 6.24. The SMILES string of the molecule is CNc1cc(F)ccc1Cl. The van der Waals surface area contributed by atoms with Crippen LogP contribution in [0.1, 0.15) is 0 Å². The molecule has 0 aromatic heterocycles. The summed E-state index contributed by atoms with van der Waals surface area (Å²) in [5.74, 6) is -0.284. The van der Waals surface area contributed by atoms with Crippen molar-refractivity contribution in [2.45, 2.75) is 0 Å². The minimum atomic E-state index is -0.284. The average Bonchev–Trinajstić information content (AvgIpc) is 1.94. The van der Waals surface area contributed by atoms with Crippen molar-refractivity contribution in [3.8, 4) is 0 Å². The summed E-state index contributed by atoms with van der Waals surface area (Å²) >= 11 is 5.67. The first-order valence-corrected chi connectivity index (χ1v) is 3.24. The van der Waals surface area contributed by atoms with E-state index >= 15 is 0 Å². The summed E-state index contributed by atoms with van der Waals surface area (Å²) in [5, 5.41) is 3.30. The van der Waals surface area contributed by atoms with Crippen molar-refractivity contribution in [1.82, 2.24) is 0 Å². The first-order chi connectivity index (χ1) is 4.74. The molecule has 3 heteroatoms. The van der Waals surface area contributed by atoms with Crippen molar-refractivity contribution in [2.24, 2.45) is 0 Å². The molecule has 0 amide bonds. The van der Waals surface area contributed by atoms with E-state index in [1.165, 1.54) is 18.2 Å². The highest BCUT2D eigenvalue weighted by molar-refractivity contribution is 6.33. The van der Waals surface area contributed by atoms with E-state index in [1.54, 1.807) is 7.05 Å². The molecule has 0 aliphatic rings. The van der Waals surface area contributed by atoms with Crippen LogP contribution in [0.15, 0.2) is 18.2 Å². The molecule has 0 fully saturated rings. The number of nitrogens with one attached hydrogen (secondary N) is 1. The molecule has 0 spiro atoms. The molecule has 10 heavy (non-hydrogen) atoms. The first kappa shape index (κ1) is 7.35. The van der Waals surface area contributed by atoms with Gasteiger partial charge in [0.2, 0.25) is 0 Å². The van der Waals surface area contributed by atoms with Gasteiger partial charge in [-0.3, -0.25) is 0 Å². The maximum Gasteiger partial charge on any atom is 0.125 e. The van der Waals surface area contributed by atoms with Crippen molar-refractivity contribution in [3.05, 3.63) is 29.0 Å². The molecule has 0 bridgehead atoms. The standard InChI is InChI=1S/C7H7ClFN/c1-10-7-4-5(9)2-3-6(7)8/h2-4,10H,1H3. The Morgan fingerprint density at radius 1 is 1.50 bits per heavy atom. The van der Waals surface area contributed by atoms with Gasteiger partial charge in [-0.05, 0) is 18.2 Å². The molecule has 54 valence electrons. The van der Waals surface area contributed by atoms with Crippen molar-refractivity contribution in [3.63, 3.8) is 0 Å². The topological polar surface area (TPSA) is 12.0 Å². The van der Waals surface area contributed by atoms with Crippen LogP contribution in [0.3, 0.4) is 0 Å². The van der Waals surface area contributed by atoms with E-state index in [-0.39, 0.29) is 5.82 Å². The Bertz CT molecular complexity index is 237. The van der Waals surface area contributed by atoms with Gasteiger partial charge in [0.05, 0.1) is 10.7 Å². The van der Waals surface area contributed by atoms with Crippen LogP contribution in [0, 0.1) is 5.82 Å². The number of halogens is 2. The van der Waals surface area contributed by atoms with Gasteiger partial charge >= 0.3 is 0 Å². The molecule has 0 radical (unpaired) electrons. The zero-order valence-electron chi connectivity index (χ0n) is 5.49. The minimum absolute atomic E-state index is 0.284. The lowest BCUT2D eigenvalue weighted by atomic mass is 10.3. The summed E-state index contributed by atoms with van der Waals surface area (Å²) in [4.78, 5) is 0. The Kier molecular flexibility index (Phi) is 2.12. The van der Waals surface area contributed by atoms with Crippen LogP contribution in [-0.4, -0.2) is 7.05 Å². The van der Waals surface area contributed by atoms with Crippen molar-refractivity contribution in [1.29, 1.82) is 0 Å². The van der Waals surface area contributed by atoms with Gasteiger partial charge in [0.1, 0.15) is 5.82 Å². The van der Waals surface area contributed by atoms with E-state index in [0.717, 1.165) is 0 Å². The van der Waals surface area contributed by atoms with Gasteiger partial charge in [-0.25, -0.2) is 4.39 Å². The fourth-order valence-electron chi connectivity index (χ4n) is 0.689. The Balaban J connectivity index is 3.09. The molecule has 0 saturated carbocycles. The average molecular weight is 160 g/mol. The number of hydrogen-bond acceptors (Lipinski definition) is 1. The number of benzene rings is 1. The smallest absolute Gasteiger partial charge is 0.125 e. The van der Waals surface area contributed by atoms with E-state index < -0.39 is 0 Å². The third-order valence-corrected chi connectivity index (χ3v) is 1.53. The lowest BCUT2D eigenvalue weighted by Gasteiger charge is -2.00. The zero-order chi connectivity index (χ0) is 7.56. The molecule has 0 heterocycles. The van der Waals surface area contributed by atoms with Gasteiger partial charge in [0.15, 0.2) is 0 Å². The Labute approximate surface area is 63.8 Å². The van der Waals surface area contributed by atoms with Crippen LogP contribution in [0.5, 0.6) is 0 Å². The predicted octanol–water partition coefficient (Wildman–Crippen LogP) is 2.52. The van der Waals surface area contributed by atoms with Gasteiger partial charge in [-0.15, -0.1) is 0 Å². The molecule has 0 unspecified atom stereocenters. The van der Waals surface area contributed by atoms with Crippen LogP contribution in [0.25, 0.3) is 0 Å². The second-order valence-electron chi connectivity index (χ2n) is 1.87. The molecule has 0 aliphatic heterocycles. The quantitative estimate of drug-likeness (QED) is 0.664. The molecular weight excluding hydrogens is 153 g/mol. The van der Waals surface area contributed by atoms with Crippen LogP contribution in [0.2, 0.25) is 5.02 Å². The summed E-state index contributed by atoms with van der Waals surface area (Å²) in [5.41, 5.74) is 0.613. The van der Waals surface area contributed by atoms with Crippen molar-refractivity contribution in [2.75, 3.05) is 12.4 Å². The lowest BCUT2D eigenvalue weighted by Crippen LogP contribution is -1.89. The highest BCUT2D eigenvalue weighted by Crippen LogP contribution is 2.21. The maximum absolute atomic E-state index is 12.4. The van der Waals surface area contributed by atoms with E-state index in [4.69, 9.17) is 11.6 Å². The van der Waals surface area contributed by atoms with Gasteiger partial charge in [0, 0.05) is 7.05 Å². The third-order valence-electron chi connectivity index (χ3n) is 1.20. The van der Waals surface area contributed by atoms with Gasteiger partial charge < -0.3 is 5.32 Å². The molecule has 0 atom stereocenters. The van der Waals surface area contributed by atoms with Crippen LogP contribution in [-0.2, 0) is 0 Å². The van der Waals surface area contributed by atoms with Crippen molar-refractivity contribution < 1.29 is 4.39 Å². The molecule has 1 aromatic carbocycles. The predicted molar refractivity (Wildman–Crippen MR) is 41.0 cm³/mol. The maximum atomic E-state index is 12.4. The summed E-state index contributed by atoms with van der Waals surface area (Å²) in [6, 6.07) is 4.19. The molecule has 0 aliphatic carbocycles. The Morgan fingerprint density at radius 2 is 2.20 bits per heavy atom. The van der Waals surface area contributed by atoms with Crippen LogP contribution >= 0.6 is 11.6 Å². The van der Waals surface area contributed by atoms with E-state index in [0.29, 0.717) is 10.7 Å². The van der Waals surface area contributed by atoms with Crippen LogP contribution < -0.4 is 5.32 Å². The van der Waals surface area contributed by atoms with E-state index in [9.17, 15) is 4.39 Å². The lowest BCUT2D eigenvalue weighted by molar-refractivity contribution is 0.628. The molecule has 1 aromatic rings. The number of hydrogen-bond donors (Lipinski definition) is 1. The highest BCUT2D eigenvalue weighted by Gasteiger charge is 1.97. The third kappa shape index (κ3) is 1.39. The Hall–Kier alpha value is -0.760. The van der Waals surface area contributed by atoms with Gasteiger partial charge in [-0.1, -0.05) is 11.6 Å². The second kappa shape index (κ2) is 2.88. The molecular formula is C7H7ClFN. The first-order valence-electron chi connectivity index (χ1n) is 2.87. The summed E-state index contributed by atoms with van der Waals surface area (Å²) < 4.78 is 12.4. The monoisotopic (exact) mass is 159 g/mol. The van der Waals surface area contributed by atoms with Crippen molar-refractivity contribution >= 4 is 17.3 Å². The van der Waals surface area contributed by atoms with Gasteiger partial charge in [-0.2, -0.15) is 0 Å². The van der Waals surface area contributed by atoms with E-state index in [1.807, 2.05) is 0 Å². The largest absolute Gasteiger partial charge is 0.387 e. The van der Waals surface area contributed by atoms with E-state index in [2.05, 4.69) is 5.32 Å². The molecule has 0 saturated heterocycles. The van der Waals surface area contributed by atoms with Crippen LogP contribution in [0.4, 0.5) is 10.1 Å². The number of rotatable bonds is 1. The molecule has 1 N–H and O–H groups in total. The summed E-state index contributed by atoms with van der Waals surface area (Å²) in [6.07, 6.45) is 0. The Morgan fingerprint density at radius 3 is 2.70 bits per heavy atom. The molecule has 1 nitrogen and oxygen atoms in total. The minimum Gasteiger partial charge on any atom is -0.387 e. The molecule has 1 rings (SSSR count).